The van der Waals surface area contributed by atoms with Crippen molar-refractivity contribution in [3.8, 4) is 5.75 Å². The first-order chi connectivity index (χ1) is 13.0. The fourth-order valence-corrected chi connectivity index (χ4v) is 3.33. The van der Waals surface area contributed by atoms with Crippen LogP contribution in [0.15, 0.2) is 36.4 Å². The lowest BCUT2D eigenvalue weighted by molar-refractivity contribution is 0.0151. The van der Waals surface area contributed by atoms with Crippen LogP contribution < -0.4 is 10.1 Å². The summed E-state index contributed by atoms with van der Waals surface area (Å²) in [5.74, 6) is -2.37. The molecule has 2 aromatic carbocycles. The van der Waals surface area contributed by atoms with Crippen molar-refractivity contribution in [2.75, 3.05) is 26.3 Å². The van der Waals surface area contributed by atoms with Gasteiger partial charge in [0.15, 0.2) is 0 Å². The molecule has 1 aliphatic heterocycles. The average molecular weight is 414 g/mol. The Hall–Kier alpha value is -1.86. The Morgan fingerprint density at radius 3 is 2.85 bits per heavy atom. The Balaban J connectivity index is 1.82. The van der Waals surface area contributed by atoms with Crippen molar-refractivity contribution in [1.82, 2.24) is 5.32 Å². The normalized spacial score (nSPS) is 20.1. The topological polar surface area (TPSA) is 67.8 Å². The van der Waals surface area contributed by atoms with Gasteiger partial charge in [-0.3, -0.25) is 0 Å². The summed E-state index contributed by atoms with van der Waals surface area (Å²) in [6.45, 7) is 1.90. The van der Waals surface area contributed by atoms with E-state index in [0.29, 0.717) is 29.7 Å². The van der Waals surface area contributed by atoms with Gasteiger partial charge in [-0.25, -0.2) is 9.18 Å². The smallest absolute Gasteiger partial charge is 0.342 e. The van der Waals surface area contributed by atoms with Crippen LogP contribution in [0.4, 0.5) is 4.39 Å². The van der Waals surface area contributed by atoms with Crippen LogP contribution in [-0.4, -0.2) is 37.4 Å². The van der Waals surface area contributed by atoms with Crippen LogP contribution in [0.25, 0.3) is 0 Å². The Kier molecular flexibility index (Phi) is 6.55. The van der Waals surface area contributed by atoms with Crippen molar-refractivity contribution in [1.29, 1.82) is 0 Å². The van der Waals surface area contributed by atoms with E-state index in [4.69, 9.17) is 32.7 Å². The van der Waals surface area contributed by atoms with Crippen LogP contribution in [-0.2, 0) is 4.74 Å². The lowest BCUT2D eigenvalue weighted by Gasteiger charge is -2.26. The number of aromatic carboxylic acids is 1. The van der Waals surface area contributed by atoms with Gasteiger partial charge in [0, 0.05) is 19.0 Å². The van der Waals surface area contributed by atoms with Crippen LogP contribution in [0.1, 0.15) is 22.0 Å². The van der Waals surface area contributed by atoms with Crippen LogP contribution in [0, 0.1) is 11.7 Å². The summed E-state index contributed by atoms with van der Waals surface area (Å²) in [7, 11) is 0. The molecule has 3 rings (SSSR count). The molecule has 2 atom stereocenters. The van der Waals surface area contributed by atoms with E-state index in [1.54, 1.807) is 12.1 Å². The highest BCUT2D eigenvalue weighted by Gasteiger charge is 2.28. The number of halogens is 3. The molecule has 0 spiro atoms. The molecule has 0 amide bonds. The van der Waals surface area contributed by atoms with E-state index < -0.39 is 17.3 Å². The Labute approximate surface area is 166 Å². The van der Waals surface area contributed by atoms with Crippen LogP contribution in [0.5, 0.6) is 5.75 Å². The summed E-state index contributed by atoms with van der Waals surface area (Å²) in [6, 6.07) is 9.22. The molecule has 1 fully saturated rings. The minimum Gasteiger partial charge on any atom is -0.492 e. The van der Waals surface area contributed by atoms with Gasteiger partial charge >= 0.3 is 5.97 Å². The van der Waals surface area contributed by atoms with Crippen molar-refractivity contribution in [2.24, 2.45) is 5.92 Å². The highest BCUT2D eigenvalue weighted by molar-refractivity contribution is 6.42. The number of nitrogens with one attached hydrogen (secondary N) is 1. The molecular formula is C19H18Cl2FNO4. The summed E-state index contributed by atoms with van der Waals surface area (Å²) in [5.41, 5.74) is 0.366. The van der Waals surface area contributed by atoms with Gasteiger partial charge in [0.25, 0.3) is 0 Å². The highest BCUT2D eigenvalue weighted by atomic mass is 35.5. The predicted octanol–water partition coefficient (Wildman–Crippen LogP) is 4.19. The molecule has 27 heavy (non-hydrogen) atoms. The summed E-state index contributed by atoms with van der Waals surface area (Å²) in [5, 5.41) is 13.4. The van der Waals surface area contributed by atoms with Gasteiger partial charge in [0.1, 0.15) is 17.1 Å². The molecule has 5 nitrogen and oxygen atoms in total. The first-order valence-corrected chi connectivity index (χ1v) is 9.15. The zero-order valence-corrected chi connectivity index (χ0v) is 15.8. The first-order valence-electron chi connectivity index (χ1n) is 8.39. The second-order valence-corrected chi connectivity index (χ2v) is 6.97. The van der Waals surface area contributed by atoms with Crippen LogP contribution in [0.2, 0.25) is 10.0 Å². The Morgan fingerprint density at radius 1 is 1.30 bits per heavy atom. The molecule has 1 aliphatic rings. The van der Waals surface area contributed by atoms with Crippen molar-refractivity contribution >= 4 is 29.2 Å². The number of carboxylic acids is 1. The van der Waals surface area contributed by atoms with Gasteiger partial charge in [-0.05, 0) is 29.8 Å². The monoisotopic (exact) mass is 413 g/mol. The molecule has 0 bridgehead atoms. The van der Waals surface area contributed by atoms with Gasteiger partial charge in [0.2, 0.25) is 0 Å². The lowest BCUT2D eigenvalue weighted by Crippen LogP contribution is -2.29. The highest BCUT2D eigenvalue weighted by Crippen LogP contribution is 2.33. The molecular weight excluding hydrogens is 396 g/mol. The second kappa shape index (κ2) is 8.89. The summed E-state index contributed by atoms with van der Waals surface area (Å²) >= 11 is 12.1. The SMILES string of the molecule is O=C(O)c1c(F)cccc1OCC1CNCCOC1c1ccc(Cl)c(Cl)c1. The van der Waals surface area contributed by atoms with Crippen molar-refractivity contribution in [2.45, 2.75) is 6.10 Å². The molecule has 2 aromatic rings. The number of benzene rings is 2. The maximum atomic E-state index is 13.8. The van der Waals surface area contributed by atoms with Crippen LogP contribution in [0.3, 0.4) is 0 Å². The molecule has 2 N–H and O–H groups in total. The largest absolute Gasteiger partial charge is 0.492 e. The van der Waals surface area contributed by atoms with Crippen molar-refractivity contribution in [3.05, 3.63) is 63.4 Å². The maximum absolute atomic E-state index is 13.8. The van der Waals surface area contributed by atoms with Gasteiger partial charge in [-0.15, -0.1) is 0 Å². The van der Waals surface area contributed by atoms with Gasteiger partial charge in [0.05, 0.1) is 29.4 Å². The number of carboxylic acid groups (broad SMARTS) is 1. The Bertz CT molecular complexity index is 833. The van der Waals surface area contributed by atoms with Crippen molar-refractivity contribution in [3.63, 3.8) is 0 Å². The van der Waals surface area contributed by atoms with E-state index >= 15 is 0 Å². The maximum Gasteiger partial charge on any atom is 0.342 e. The van der Waals surface area contributed by atoms with Gasteiger partial charge < -0.3 is 19.9 Å². The molecule has 0 aromatic heterocycles. The fourth-order valence-electron chi connectivity index (χ4n) is 3.02. The van der Waals surface area contributed by atoms with E-state index in [1.807, 2.05) is 6.07 Å². The number of ether oxygens (including phenoxy) is 2. The molecule has 0 radical (unpaired) electrons. The number of hydrogen-bond donors (Lipinski definition) is 2. The zero-order chi connectivity index (χ0) is 19.4. The number of carbonyl (C=O) groups is 1. The minimum absolute atomic E-state index is 0.0142. The van der Waals surface area contributed by atoms with E-state index in [-0.39, 0.29) is 24.4 Å². The first kappa shape index (κ1) is 19.9. The van der Waals surface area contributed by atoms with E-state index in [2.05, 4.69) is 5.32 Å². The third-order valence-corrected chi connectivity index (χ3v) is 5.06. The summed E-state index contributed by atoms with van der Waals surface area (Å²) in [4.78, 5) is 11.3. The Morgan fingerprint density at radius 2 is 2.11 bits per heavy atom. The summed E-state index contributed by atoms with van der Waals surface area (Å²) in [6.07, 6.45) is -0.323. The molecule has 8 heteroatoms. The lowest BCUT2D eigenvalue weighted by atomic mass is 9.96. The van der Waals surface area contributed by atoms with E-state index in [0.717, 1.165) is 11.6 Å². The summed E-state index contributed by atoms with van der Waals surface area (Å²) < 4.78 is 25.5. The molecule has 2 unspecified atom stereocenters. The molecule has 0 saturated carbocycles. The third-order valence-electron chi connectivity index (χ3n) is 4.33. The minimum atomic E-state index is -1.38. The molecule has 0 aliphatic carbocycles. The number of rotatable bonds is 5. The molecule has 144 valence electrons. The van der Waals surface area contributed by atoms with E-state index in [1.165, 1.54) is 12.1 Å². The van der Waals surface area contributed by atoms with Gasteiger partial charge in [-0.1, -0.05) is 35.3 Å². The standard InChI is InChI=1S/C19H18Cl2FNO4/c20-13-5-4-11(8-14(13)21)18-12(9-23-6-7-26-18)10-27-16-3-1-2-15(22)17(16)19(24)25/h1-5,8,12,18,23H,6-7,9-10H2,(H,24,25). The number of hydrogen-bond acceptors (Lipinski definition) is 4. The average Bonchev–Trinajstić information content (AvgIpc) is 2.87. The second-order valence-electron chi connectivity index (χ2n) is 6.16. The molecule has 1 saturated heterocycles. The molecule has 1 heterocycles. The quantitative estimate of drug-likeness (QED) is 0.768. The van der Waals surface area contributed by atoms with Crippen LogP contribution >= 0.6 is 23.2 Å². The van der Waals surface area contributed by atoms with E-state index in [9.17, 15) is 14.3 Å². The zero-order valence-electron chi connectivity index (χ0n) is 14.3. The van der Waals surface area contributed by atoms with Gasteiger partial charge in [-0.2, -0.15) is 0 Å². The third kappa shape index (κ3) is 4.71. The fraction of sp³-hybridized carbons (Fsp3) is 0.316. The van der Waals surface area contributed by atoms with Crippen molar-refractivity contribution < 1.29 is 23.8 Å². The predicted molar refractivity (Wildman–Crippen MR) is 100 cm³/mol.